The third-order valence-electron chi connectivity index (χ3n) is 4.33. The van der Waals surface area contributed by atoms with Crippen LogP contribution in [-0.4, -0.2) is 29.5 Å². The number of anilines is 2. The molecule has 0 aliphatic carbocycles. The largest absolute Gasteiger partial charge is 0.368 e. The number of thiophene rings is 1. The molecule has 9 heteroatoms. The summed E-state index contributed by atoms with van der Waals surface area (Å²) in [7, 11) is 0. The molecule has 2 N–H and O–H groups in total. The Hall–Kier alpha value is -2.07. The zero-order valence-electron chi connectivity index (χ0n) is 15.3. The topological polar surface area (TPSA) is 80.3 Å². The van der Waals surface area contributed by atoms with Crippen molar-refractivity contribution in [2.45, 2.75) is 25.4 Å². The van der Waals surface area contributed by atoms with Crippen LogP contribution in [0.4, 0.5) is 11.4 Å². The molecule has 4 rings (SSSR count). The second-order valence-corrected chi connectivity index (χ2v) is 9.25. The average Bonchev–Trinajstić information content (AvgIpc) is 3.45. The second-order valence-electron chi connectivity index (χ2n) is 6.57. The summed E-state index contributed by atoms with van der Waals surface area (Å²) in [4.78, 5) is 30.0. The fourth-order valence-electron chi connectivity index (χ4n) is 2.94. The van der Waals surface area contributed by atoms with Crippen molar-refractivity contribution in [2.24, 2.45) is 0 Å². The summed E-state index contributed by atoms with van der Waals surface area (Å²) < 4.78 is 6.41. The van der Waals surface area contributed by atoms with Crippen LogP contribution < -0.4 is 10.6 Å². The molecular weight excluding hydrogens is 474 g/mol. The molecule has 0 bridgehead atoms. The minimum absolute atomic E-state index is 0.128. The van der Waals surface area contributed by atoms with E-state index < -0.39 is 0 Å². The zero-order valence-corrected chi connectivity index (χ0v) is 18.5. The molecule has 0 saturated carbocycles. The number of carbonyl (C=O) groups excluding carboxylic acids is 2. The minimum Gasteiger partial charge on any atom is -0.368 e. The molecule has 2 aromatic heterocycles. The van der Waals surface area contributed by atoms with Crippen LogP contribution in [0.1, 0.15) is 18.5 Å². The quantitative estimate of drug-likeness (QED) is 0.511. The van der Waals surface area contributed by atoms with Gasteiger partial charge in [-0.05, 0) is 59.1 Å². The number of ether oxygens (including phenoxy) is 1. The fraction of sp³-hybridized carbons (Fsp3) is 0.250. The molecular formula is C20H18BrN3O3S2. The van der Waals surface area contributed by atoms with Crippen molar-refractivity contribution in [3.05, 3.63) is 51.3 Å². The summed E-state index contributed by atoms with van der Waals surface area (Å²) in [6, 6.07) is 9.07. The molecule has 1 unspecified atom stereocenters. The van der Waals surface area contributed by atoms with Gasteiger partial charge in [0.1, 0.15) is 11.1 Å². The number of nitrogens with zero attached hydrogens (tertiary/aromatic N) is 1. The van der Waals surface area contributed by atoms with Crippen LogP contribution in [0.2, 0.25) is 0 Å². The molecule has 150 valence electrons. The van der Waals surface area contributed by atoms with Crippen LogP contribution in [0, 0.1) is 0 Å². The van der Waals surface area contributed by atoms with Crippen molar-refractivity contribution in [1.29, 1.82) is 0 Å². The normalized spacial score (nSPS) is 16.0. The lowest BCUT2D eigenvalue weighted by atomic mass is 10.2. The van der Waals surface area contributed by atoms with Crippen LogP contribution in [0.3, 0.4) is 0 Å². The van der Waals surface area contributed by atoms with E-state index in [1.165, 1.54) is 11.3 Å². The number of hydrogen-bond acceptors (Lipinski definition) is 6. The fourth-order valence-corrected chi connectivity index (χ4v) is 5.27. The molecule has 1 saturated heterocycles. The van der Waals surface area contributed by atoms with Gasteiger partial charge >= 0.3 is 0 Å². The Kier molecular flexibility index (Phi) is 6.39. The Morgan fingerprint density at radius 1 is 1.14 bits per heavy atom. The number of thiazole rings is 1. The zero-order chi connectivity index (χ0) is 20.2. The number of benzene rings is 1. The van der Waals surface area contributed by atoms with Crippen LogP contribution in [0.5, 0.6) is 0 Å². The first kappa shape index (κ1) is 20.2. The van der Waals surface area contributed by atoms with Crippen LogP contribution >= 0.6 is 38.6 Å². The van der Waals surface area contributed by atoms with Gasteiger partial charge in [0.2, 0.25) is 5.91 Å². The SMILES string of the molecule is O=C(Cc1csc(-c2cc(Br)cs2)n1)Nc1ccc(NC(=O)C2CCCO2)cc1. The maximum absolute atomic E-state index is 12.3. The van der Waals surface area contributed by atoms with E-state index in [2.05, 4.69) is 31.5 Å². The first-order valence-electron chi connectivity index (χ1n) is 9.08. The van der Waals surface area contributed by atoms with E-state index in [0.717, 1.165) is 32.9 Å². The molecule has 29 heavy (non-hydrogen) atoms. The standard InChI is InChI=1S/C20H18BrN3O3S2/c21-12-8-17(28-10-12)20-24-15(11-29-20)9-18(25)22-13-3-5-14(6-4-13)23-19(26)16-2-1-7-27-16/h3-6,8,10-11,16H,1-2,7,9H2,(H,22,25)(H,23,26). The lowest BCUT2D eigenvalue weighted by Gasteiger charge is -2.11. The van der Waals surface area contributed by atoms with Gasteiger partial charge in [0.05, 0.1) is 17.0 Å². The lowest BCUT2D eigenvalue weighted by Crippen LogP contribution is -2.26. The summed E-state index contributed by atoms with van der Waals surface area (Å²) in [5, 5.41) is 10.5. The maximum Gasteiger partial charge on any atom is 0.253 e. The molecule has 1 atom stereocenters. The van der Waals surface area contributed by atoms with E-state index in [0.29, 0.717) is 18.0 Å². The van der Waals surface area contributed by atoms with Gasteiger partial charge in [0.15, 0.2) is 0 Å². The van der Waals surface area contributed by atoms with Gasteiger partial charge < -0.3 is 15.4 Å². The van der Waals surface area contributed by atoms with Gasteiger partial charge in [0.25, 0.3) is 5.91 Å². The third-order valence-corrected chi connectivity index (χ3v) is 7.08. The predicted molar refractivity (Wildman–Crippen MR) is 120 cm³/mol. The van der Waals surface area contributed by atoms with E-state index >= 15 is 0 Å². The maximum atomic E-state index is 12.3. The Morgan fingerprint density at radius 3 is 2.55 bits per heavy atom. The molecule has 1 fully saturated rings. The van der Waals surface area contributed by atoms with Crippen LogP contribution in [0.25, 0.3) is 9.88 Å². The highest BCUT2D eigenvalue weighted by Gasteiger charge is 2.23. The van der Waals surface area contributed by atoms with Crippen molar-refractivity contribution in [2.75, 3.05) is 17.2 Å². The molecule has 0 spiro atoms. The summed E-state index contributed by atoms with van der Waals surface area (Å²) >= 11 is 6.59. The molecule has 2 amide bonds. The molecule has 1 aliphatic rings. The summed E-state index contributed by atoms with van der Waals surface area (Å²) in [5.74, 6) is -0.262. The van der Waals surface area contributed by atoms with Crippen molar-refractivity contribution in [1.82, 2.24) is 4.98 Å². The van der Waals surface area contributed by atoms with Crippen LogP contribution in [0.15, 0.2) is 45.6 Å². The summed E-state index contributed by atoms with van der Waals surface area (Å²) in [6.45, 7) is 0.633. The molecule has 1 aliphatic heterocycles. The van der Waals surface area contributed by atoms with Crippen molar-refractivity contribution in [3.8, 4) is 9.88 Å². The van der Waals surface area contributed by atoms with Gasteiger partial charge in [-0.15, -0.1) is 22.7 Å². The Bertz CT molecular complexity index is 1010. The Morgan fingerprint density at radius 2 is 1.90 bits per heavy atom. The third kappa shape index (κ3) is 5.30. The smallest absolute Gasteiger partial charge is 0.253 e. The first-order chi connectivity index (χ1) is 14.1. The van der Waals surface area contributed by atoms with Crippen molar-refractivity contribution in [3.63, 3.8) is 0 Å². The van der Waals surface area contributed by atoms with Gasteiger partial charge in [0, 0.05) is 33.2 Å². The van der Waals surface area contributed by atoms with E-state index in [-0.39, 0.29) is 24.3 Å². The summed E-state index contributed by atoms with van der Waals surface area (Å²) in [5.41, 5.74) is 2.09. The number of aromatic nitrogens is 1. The van der Waals surface area contributed by atoms with Crippen LogP contribution in [-0.2, 0) is 20.7 Å². The summed E-state index contributed by atoms with van der Waals surface area (Å²) in [6.07, 6.45) is 1.50. The molecule has 6 nitrogen and oxygen atoms in total. The number of rotatable bonds is 6. The average molecular weight is 492 g/mol. The van der Waals surface area contributed by atoms with Gasteiger partial charge in [-0.25, -0.2) is 4.98 Å². The van der Waals surface area contributed by atoms with E-state index in [9.17, 15) is 9.59 Å². The highest BCUT2D eigenvalue weighted by Crippen LogP contribution is 2.32. The highest BCUT2D eigenvalue weighted by molar-refractivity contribution is 9.10. The predicted octanol–water partition coefficient (Wildman–Crippen LogP) is 4.93. The van der Waals surface area contributed by atoms with Crippen molar-refractivity contribution >= 4 is 61.8 Å². The lowest BCUT2D eigenvalue weighted by molar-refractivity contribution is -0.124. The highest BCUT2D eigenvalue weighted by atomic mass is 79.9. The van der Waals surface area contributed by atoms with Gasteiger partial charge in [-0.2, -0.15) is 0 Å². The number of carbonyl (C=O) groups is 2. The number of halogens is 1. The first-order valence-corrected chi connectivity index (χ1v) is 11.6. The number of amides is 2. The van der Waals surface area contributed by atoms with Gasteiger partial charge in [-0.3, -0.25) is 9.59 Å². The number of nitrogens with one attached hydrogen (secondary N) is 2. The van der Waals surface area contributed by atoms with Gasteiger partial charge in [-0.1, -0.05) is 0 Å². The van der Waals surface area contributed by atoms with E-state index in [1.54, 1.807) is 35.6 Å². The second kappa shape index (κ2) is 9.17. The monoisotopic (exact) mass is 491 g/mol. The molecule has 1 aromatic carbocycles. The van der Waals surface area contributed by atoms with E-state index in [4.69, 9.17) is 4.74 Å². The molecule has 3 heterocycles. The molecule has 0 radical (unpaired) electrons. The van der Waals surface area contributed by atoms with Crippen molar-refractivity contribution < 1.29 is 14.3 Å². The Balaban J connectivity index is 1.30. The Labute approximate surface area is 184 Å². The van der Waals surface area contributed by atoms with E-state index in [1.807, 2.05) is 16.8 Å². The molecule has 3 aromatic rings. The number of hydrogen-bond donors (Lipinski definition) is 2. The minimum atomic E-state index is -0.368.